The average Bonchev–Trinajstić information content (AvgIpc) is 2.81. The van der Waals surface area contributed by atoms with E-state index in [1.807, 2.05) is 0 Å². The van der Waals surface area contributed by atoms with Gasteiger partial charge in [-0.3, -0.25) is 4.79 Å². The van der Waals surface area contributed by atoms with Gasteiger partial charge in [0, 0.05) is 16.6 Å². The minimum Gasteiger partial charge on any atom is -0.347 e. The van der Waals surface area contributed by atoms with Crippen LogP contribution in [-0.4, -0.2) is 15.9 Å². The fraction of sp³-hybridized carbons (Fsp3) is 0.0909. The maximum absolute atomic E-state index is 11.6. The first-order valence-electron chi connectivity index (χ1n) is 4.87. The quantitative estimate of drug-likeness (QED) is 0.900. The molecule has 1 aromatic carbocycles. The number of carbonyl (C=O) groups is 1. The van der Waals surface area contributed by atoms with Crippen molar-refractivity contribution in [2.24, 2.45) is 0 Å². The third kappa shape index (κ3) is 2.99. The van der Waals surface area contributed by atoms with E-state index in [2.05, 4.69) is 15.3 Å². The number of carbonyl (C=O) groups excluding carboxylic acids is 1. The monoisotopic (exact) mass is 269 g/mol. The predicted molar refractivity (Wildman–Crippen MR) is 66.2 cm³/mol. The van der Waals surface area contributed by atoms with Crippen molar-refractivity contribution in [2.45, 2.75) is 6.54 Å². The SMILES string of the molecule is O=C(NCc1ccc(Cl)cc1Cl)c1cnc[nH]1. The topological polar surface area (TPSA) is 57.8 Å². The Morgan fingerprint density at radius 3 is 2.88 bits per heavy atom. The van der Waals surface area contributed by atoms with Gasteiger partial charge in [-0.2, -0.15) is 0 Å². The van der Waals surface area contributed by atoms with Crippen molar-refractivity contribution in [2.75, 3.05) is 0 Å². The van der Waals surface area contributed by atoms with Gasteiger partial charge in [0.15, 0.2) is 0 Å². The van der Waals surface area contributed by atoms with Crippen molar-refractivity contribution >= 4 is 29.1 Å². The zero-order valence-electron chi connectivity index (χ0n) is 8.71. The largest absolute Gasteiger partial charge is 0.347 e. The maximum atomic E-state index is 11.6. The van der Waals surface area contributed by atoms with E-state index < -0.39 is 0 Å². The van der Waals surface area contributed by atoms with Gasteiger partial charge >= 0.3 is 0 Å². The van der Waals surface area contributed by atoms with Gasteiger partial charge in [0.1, 0.15) is 5.69 Å². The second-order valence-corrected chi connectivity index (χ2v) is 4.23. The first kappa shape index (κ1) is 12.0. The molecule has 2 aromatic rings. The van der Waals surface area contributed by atoms with E-state index in [1.54, 1.807) is 18.2 Å². The van der Waals surface area contributed by atoms with Crippen LogP contribution in [0.2, 0.25) is 10.0 Å². The summed E-state index contributed by atoms with van der Waals surface area (Å²) in [4.78, 5) is 18.1. The van der Waals surface area contributed by atoms with Crippen molar-refractivity contribution in [1.29, 1.82) is 0 Å². The molecule has 0 aliphatic heterocycles. The molecule has 0 bridgehead atoms. The number of H-pyrrole nitrogens is 1. The molecule has 0 unspecified atom stereocenters. The van der Waals surface area contributed by atoms with Gasteiger partial charge in [-0.1, -0.05) is 29.3 Å². The normalized spacial score (nSPS) is 10.2. The van der Waals surface area contributed by atoms with E-state index in [4.69, 9.17) is 23.2 Å². The molecule has 0 saturated heterocycles. The number of amides is 1. The van der Waals surface area contributed by atoms with Crippen LogP contribution in [0.25, 0.3) is 0 Å². The lowest BCUT2D eigenvalue weighted by molar-refractivity contribution is 0.0946. The molecule has 0 aliphatic carbocycles. The van der Waals surface area contributed by atoms with Crippen LogP contribution in [0.4, 0.5) is 0 Å². The van der Waals surface area contributed by atoms with Crippen LogP contribution in [0.3, 0.4) is 0 Å². The van der Waals surface area contributed by atoms with E-state index in [0.29, 0.717) is 22.3 Å². The first-order valence-corrected chi connectivity index (χ1v) is 5.63. The molecule has 1 aromatic heterocycles. The summed E-state index contributed by atoms with van der Waals surface area (Å²) in [6.07, 6.45) is 2.91. The molecule has 0 atom stereocenters. The molecule has 2 N–H and O–H groups in total. The third-order valence-electron chi connectivity index (χ3n) is 2.20. The van der Waals surface area contributed by atoms with Crippen LogP contribution in [-0.2, 0) is 6.54 Å². The van der Waals surface area contributed by atoms with Gasteiger partial charge < -0.3 is 10.3 Å². The number of imidazole rings is 1. The van der Waals surface area contributed by atoms with Crippen LogP contribution in [0.5, 0.6) is 0 Å². The Kier molecular flexibility index (Phi) is 3.66. The van der Waals surface area contributed by atoms with Crippen LogP contribution in [0, 0.1) is 0 Å². The summed E-state index contributed by atoms with van der Waals surface area (Å²) in [5.41, 5.74) is 1.22. The smallest absolute Gasteiger partial charge is 0.269 e. The number of aromatic nitrogens is 2. The van der Waals surface area contributed by atoms with E-state index in [-0.39, 0.29) is 5.91 Å². The van der Waals surface area contributed by atoms with Crippen LogP contribution >= 0.6 is 23.2 Å². The maximum Gasteiger partial charge on any atom is 0.269 e. The van der Waals surface area contributed by atoms with Crippen molar-refractivity contribution in [1.82, 2.24) is 15.3 Å². The number of nitrogens with one attached hydrogen (secondary N) is 2. The Labute approximate surface area is 108 Å². The molecular formula is C11H9Cl2N3O. The highest BCUT2D eigenvalue weighted by Crippen LogP contribution is 2.20. The van der Waals surface area contributed by atoms with Gasteiger partial charge in [-0.15, -0.1) is 0 Å². The Balaban J connectivity index is 2.01. The number of rotatable bonds is 3. The Bertz CT molecular complexity index is 526. The highest BCUT2D eigenvalue weighted by Gasteiger charge is 2.07. The minimum absolute atomic E-state index is 0.228. The molecule has 0 radical (unpaired) electrons. The zero-order chi connectivity index (χ0) is 12.3. The standard InChI is InChI=1S/C11H9Cl2N3O/c12-8-2-1-7(9(13)3-8)4-15-11(17)10-5-14-6-16-10/h1-3,5-6H,4H2,(H,14,16)(H,15,17). The number of hydrogen-bond acceptors (Lipinski definition) is 2. The number of aromatic amines is 1. The van der Waals surface area contributed by atoms with Crippen molar-refractivity contribution in [3.8, 4) is 0 Å². The molecule has 0 fully saturated rings. The molecule has 0 saturated carbocycles. The van der Waals surface area contributed by atoms with Crippen molar-refractivity contribution in [3.63, 3.8) is 0 Å². The Morgan fingerprint density at radius 1 is 1.41 bits per heavy atom. The van der Waals surface area contributed by atoms with Crippen LogP contribution in [0.15, 0.2) is 30.7 Å². The van der Waals surface area contributed by atoms with Gasteiger partial charge in [0.2, 0.25) is 0 Å². The highest BCUT2D eigenvalue weighted by molar-refractivity contribution is 6.35. The van der Waals surface area contributed by atoms with Crippen LogP contribution < -0.4 is 5.32 Å². The summed E-state index contributed by atoms with van der Waals surface area (Å²) >= 11 is 11.8. The van der Waals surface area contributed by atoms with E-state index in [0.717, 1.165) is 5.56 Å². The lowest BCUT2D eigenvalue weighted by atomic mass is 10.2. The Hall–Kier alpha value is -1.52. The fourth-order valence-corrected chi connectivity index (χ4v) is 1.79. The third-order valence-corrected chi connectivity index (χ3v) is 2.78. The average molecular weight is 270 g/mol. The predicted octanol–water partition coefficient (Wildman–Crippen LogP) is 2.65. The number of nitrogens with zero attached hydrogens (tertiary/aromatic N) is 1. The lowest BCUT2D eigenvalue weighted by Crippen LogP contribution is -2.23. The van der Waals surface area contributed by atoms with Crippen molar-refractivity contribution < 1.29 is 4.79 Å². The summed E-state index contributed by atoms with van der Waals surface area (Å²) in [6, 6.07) is 5.14. The Morgan fingerprint density at radius 2 is 2.24 bits per heavy atom. The van der Waals surface area contributed by atoms with Gasteiger partial charge in [-0.25, -0.2) is 4.98 Å². The van der Waals surface area contributed by atoms with Crippen molar-refractivity contribution in [3.05, 3.63) is 52.0 Å². The van der Waals surface area contributed by atoms with E-state index in [1.165, 1.54) is 12.5 Å². The summed E-state index contributed by atoms with van der Waals surface area (Å²) in [7, 11) is 0. The van der Waals surface area contributed by atoms with Gasteiger partial charge in [-0.05, 0) is 17.7 Å². The molecule has 6 heteroatoms. The number of hydrogen-bond donors (Lipinski definition) is 2. The molecule has 0 spiro atoms. The van der Waals surface area contributed by atoms with E-state index >= 15 is 0 Å². The molecular weight excluding hydrogens is 261 g/mol. The lowest BCUT2D eigenvalue weighted by Gasteiger charge is -2.06. The molecule has 4 nitrogen and oxygen atoms in total. The molecule has 88 valence electrons. The minimum atomic E-state index is -0.228. The fourth-order valence-electron chi connectivity index (χ4n) is 1.32. The first-order chi connectivity index (χ1) is 8.16. The zero-order valence-corrected chi connectivity index (χ0v) is 10.2. The summed E-state index contributed by atoms with van der Waals surface area (Å²) in [6.45, 7) is 0.341. The summed E-state index contributed by atoms with van der Waals surface area (Å²) in [5.74, 6) is -0.228. The highest BCUT2D eigenvalue weighted by atomic mass is 35.5. The summed E-state index contributed by atoms with van der Waals surface area (Å²) in [5, 5.41) is 3.82. The molecule has 2 rings (SSSR count). The number of halogens is 2. The van der Waals surface area contributed by atoms with Gasteiger partial charge in [0.25, 0.3) is 5.91 Å². The van der Waals surface area contributed by atoms with Gasteiger partial charge in [0.05, 0.1) is 12.5 Å². The molecule has 0 aliphatic rings. The second-order valence-electron chi connectivity index (χ2n) is 3.38. The van der Waals surface area contributed by atoms with Crippen LogP contribution in [0.1, 0.15) is 16.1 Å². The molecule has 17 heavy (non-hydrogen) atoms. The summed E-state index contributed by atoms with van der Waals surface area (Å²) < 4.78 is 0. The molecule has 1 amide bonds. The number of benzene rings is 1. The molecule has 1 heterocycles. The second kappa shape index (κ2) is 5.21. The van der Waals surface area contributed by atoms with E-state index in [9.17, 15) is 4.79 Å².